The molecule has 0 spiro atoms. The number of benzene rings is 1. The first-order valence-electron chi connectivity index (χ1n) is 6.78. The van der Waals surface area contributed by atoms with E-state index in [1.807, 2.05) is 49.5 Å². The monoisotopic (exact) mass is 280 g/mol. The summed E-state index contributed by atoms with van der Waals surface area (Å²) < 4.78 is 0. The van der Waals surface area contributed by atoms with E-state index < -0.39 is 0 Å². The first-order chi connectivity index (χ1) is 10.2. The summed E-state index contributed by atoms with van der Waals surface area (Å²) in [5, 5.41) is 12.6. The van der Waals surface area contributed by atoms with Crippen molar-refractivity contribution in [3.05, 3.63) is 54.4 Å². The maximum Gasteiger partial charge on any atom is 0.205 e. The Balaban J connectivity index is 1.90. The SMILES string of the molecule is CC(N)Cc1cncc(-n2nnc(-c3ccccc3)n2)c1. The van der Waals surface area contributed by atoms with Crippen LogP contribution in [0.25, 0.3) is 17.1 Å². The summed E-state index contributed by atoms with van der Waals surface area (Å²) in [7, 11) is 0. The molecule has 0 amide bonds. The summed E-state index contributed by atoms with van der Waals surface area (Å²) in [6.07, 6.45) is 4.28. The van der Waals surface area contributed by atoms with Crippen molar-refractivity contribution >= 4 is 0 Å². The van der Waals surface area contributed by atoms with Gasteiger partial charge >= 0.3 is 0 Å². The van der Waals surface area contributed by atoms with Gasteiger partial charge in [0.2, 0.25) is 5.82 Å². The van der Waals surface area contributed by atoms with Crippen molar-refractivity contribution < 1.29 is 0 Å². The van der Waals surface area contributed by atoms with Crippen LogP contribution < -0.4 is 5.73 Å². The number of tetrazole rings is 1. The van der Waals surface area contributed by atoms with Crippen LogP contribution in [0.4, 0.5) is 0 Å². The first kappa shape index (κ1) is 13.4. The molecule has 6 nitrogen and oxygen atoms in total. The van der Waals surface area contributed by atoms with Gasteiger partial charge in [-0.25, -0.2) is 0 Å². The number of hydrogen-bond donors (Lipinski definition) is 1. The van der Waals surface area contributed by atoms with Gasteiger partial charge in [-0.2, -0.15) is 0 Å². The molecule has 2 aromatic heterocycles. The van der Waals surface area contributed by atoms with Gasteiger partial charge in [-0.15, -0.1) is 15.0 Å². The predicted molar refractivity (Wildman–Crippen MR) is 79.7 cm³/mol. The third-order valence-corrected chi connectivity index (χ3v) is 3.01. The molecule has 0 bridgehead atoms. The lowest BCUT2D eigenvalue weighted by atomic mass is 10.1. The second-order valence-electron chi connectivity index (χ2n) is 5.00. The molecular weight excluding hydrogens is 264 g/mol. The lowest BCUT2D eigenvalue weighted by molar-refractivity contribution is 0.706. The predicted octanol–water partition coefficient (Wildman–Crippen LogP) is 1.61. The van der Waals surface area contributed by atoms with Gasteiger partial charge < -0.3 is 5.73 Å². The quantitative estimate of drug-likeness (QED) is 0.785. The highest BCUT2D eigenvalue weighted by molar-refractivity contribution is 5.53. The molecule has 0 radical (unpaired) electrons. The largest absolute Gasteiger partial charge is 0.328 e. The maximum atomic E-state index is 5.82. The van der Waals surface area contributed by atoms with Crippen LogP contribution in [-0.2, 0) is 6.42 Å². The number of nitrogens with zero attached hydrogens (tertiary/aromatic N) is 5. The molecule has 1 unspecified atom stereocenters. The Labute approximate surface area is 122 Å². The topological polar surface area (TPSA) is 82.5 Å². The van der Waals surface area contributed by atoms with E-state index in [1.54, 1.807) is 6.20 Å². The summed E-state index contributed by atoms with van der Waals surface area (Å²) in [6, 6.07) is 11.8. The Morgan fingerprint density at radius 2 is 2.00 bits per heavy atom. The van der Waals surface area contributed by atoms with Gasteiger partial charge in [0.05, 0.1) is 6.20 Å². The summed E-state index contributed by atoms with van der Waals surface area (Å²) in [5.41, 5.74) is 8.59. The van der Waals surface area contributed by atoms with E-state index in [4.69, 9.17) is 5.73 Å². The van der Waals surface area contributed by atoms with Gasteiger partial charge in [0.25, 0.3) is 0 Å². The minimum absolute atomic E-state index is 0.0886. The van der Waals surface area contributed by atoms with E-state index in [-0.39, 0.29) is 6.04 Å². The summed E-state index contributed by atoms with van der Waals surface area (Å²) >= 11 is 0. The Hall–Kier alpha value is -2.60. The molecule has 0 aliphatic heterocycles. The smallest absolute Gasteiger partial charge is 0.205 e. The minimum atomic E-state index is 0.0886. The van der Waals surface area contributed by atoms with Crippen molar-refractivity contribution in [1.82, 2.24) is 25.2 Å². The van der Waals surface area contributed by atoms with Crippen LogP contribution >= 0.6 is 0 Å². The zero-order valence-corrected chi connectivity index (χ0v) is 11.7. The molecule has 2 N–H and O–H groups in total. The first-order valence-corrected chi connectivity index (χ1v) is 6.78. The van der Waals surface area contributed by atoms with Crippen molar-refractivity contribution in [2.45, 2.75) is 19.4 Å². The van der Waals surface area contributed by atoms with Crippen molar-refractivity contribution in [1.29, 1.82) is 0 Å². The van der Waals surface area contributed by atoms with Crippen LogP contribution in [0, 0.1) is 0 Å². The summed E-state index contributed by atoms with van der Waals surface area (Å²) in [4.78, 5) is 5.70. The van der Waals surface area contributed by atoms with E-state index in [9.17, 15) is 0 Å². The zero-order chi connectivity index (χ0) is 14.7. The molecule has 1 aromatic carbocycles. The summed E-state index contributed by atoms with van der Waals surface area (Å²) in [5.74, 6) is 0.591. The lowest BCUT2D eigenvalue weighted by Gasteiger charge is -2.05. The van der Waals surface area contributed by atoms with E-state index in [2.05, 4.69) is 20.4 Å². The number of pyridine rings is 1. The van der Waals surface area contributed by atoms with Gasteiger partial charge in [0.1, 0.15) is 5.69 Å². The average Bonchev–Trinajstić information content (AvgIpc) is 2.98. The fourth-order valence-electron chi connectivity index (χ4n) is 2.09. The molecule has 0 fully saturated rings. The molecule has 6 heteroatoms. The van der Waals surface area contributed by atoms with Gasteiger partial charge in [-0.3, -0.25) is 4.98 Å². The fourth-order valence-corrected chi connectivity index (χ4v) is 2.09. The third kappa shape index (κ3) is 3.11. The van der Waals surface area contributed by atoms with Crippen LogP contribution in [0.3, 0.4) is 0 Å². The highest BCUT2D eigenvalue weighted by atomic mass is 15.6. The highest BCUT2D eigenvalue weighted by Gasteiger charge is 2.08. The molecule has 3 rings (SSSR count). The number of nitrogens with two attached hydrogens (primary N) is 1. The van der Waals surface area contributed by atoms with Crippen LogP contribution in [0.1, 0.15) is 12.5 Å². The van der Waals surface area contributed by atoms with Crippen LogP contribution in [0.15, 0.2) is 48.8 Å². The molecule has 0 saturated heterocycles. The van der Waals surface area contributed by atoms with E-state index in [0.29, 0.717) is 5.82 Å². The standard InChI is InChI=1S/C15H16N6/c1-11(16)7-12-8-14(10-17-9-12)21-19-15(18-20-21)13-5-3-2-4-6-13/h2-6,8-11H,7,16H2,1H3. The number of hydrogen-bond acceptors (Lipinski definition) is 5. The molecule has 3 aromatic rings. The summed E-state index contributed by atoms with van der Waals surface area (Å²) in [6.45, 7) is 1.97. The lowest BCUT2D eigenvalue weighted by Crippen LogP contribution is -2.18. The maximum absolute atomic E-state index is 5.82. The van der Waals surface area contributed by atoms with Crippen molar-refractivity contribution in [2.24, 2.45) is 5.73 Å². The van der Waals surface area contributed by atoms with E-state index >= 15 is 0 Å². The molecule has 0 aliphatic carbocycles. The molecule has 1 atom stereocenters. The van der Waals surface area contributed by atoms with E-state index in [0.717, 1.165) is 23.2 Å². The molecule has 0 saturated carbocycles. The van der Waals surface area contributed by atoms with Gasteiger partial charge in [0.15, 0.2) is 0 Å². The van der Waals surface area contributed by atoms with Crippen LogP contribution in [0.5, 0.6) is 0 Å². The van der Waals surface area contributed by atoms with Gasteiger partial charge in [-0.1, -0.05) is 30.3 Å². The van der Waals surface area contributed by atoms with Gasteiger partial charge in [0, 0.05) is 17.8 Å². The second-order valence-corrected chi connectivity index (χ2v) is 5.00. The normalized spacial score (nSPS) is 12.3. The van der Waals surface area contributed by atoms with Crippen molar-refractivity contribution in [3.8, 4) is 17.1 Å². The Morgan fingerprint density at radius 1 is 1.19 bits per heavy atom. The van der Waals surface area contributed by atoms with Gasteiger partial charge in [-0.05, 0) is 30.2 Å². The molecular formula is C15H16N6. The molecule has 0 aliphatic rings. The molecule has 2 heterocycles. The minimum Gasteiger partial charge on any atom is -0.328 e. The fraction of sp³-hybridized carbons (Fsp3) is 0.200. The average molecular weight is 280 g/mol. The highest BCUT2D eigenvalue weighted by Crippen LogP contribution is 2.14. The third-order valence-electron chi connectivity index (χ3n) is 3.01. The van der Waals surface area contributed by atoms with Crippen LogP contribution in [0.2, 0.25) is 0 Å². The molecule has 21 heavy (non-hydrogen) atoms. The second kappa shape index (κ2) is 5.80. The molecule has 106 valence electrons. The van der Waals surface area contributed by atoms with Crippen molar-refractivity contribution in [2.75, 3.05) is 0 Å². The van der Waals surface area contributed by atoms with Crippen LogP contribution in [-0.4, -0.2) is 31.2 Å². The zero-order valence-electron chi connectivity index (χ0n) is 11.7. The Bertz CT molecular complexity index is 720. The Morgan fingerprint density at radius 3 is 2.76 bits per heavy atom. The van der Waals surface area contributed by atoms with E-state index in [1.165, 1.54) is 4.80 Å². The Kier molecular flexibility index (Phi) is 3.70. The number of rotatable bonds is 4. The van der Waals surface area contributed by atoms with Crippen molar-refractivity contribution in [3.63, 3.8) is 0 Å². The number of aromatic nitrogens is 5.